The van der Waals surface area contributed by atoms with Crippen molar-refractivity contribution in [2.75, 3.05) is 0 Å². The minimum atomic E-state index is 0.317. The van der Waals surface area contributed by atoms with E-state index < -0.39 is 0 Å². The molecule has 0 aliphatic heterocycles. The Kier molecular flexibility index (Phi) is 3.94. The van der Waals surface area contributed by atoms with E-state index in [1.165, 1.54) is 22.3 Å². The van der Waals surface area contributed by atoms with Gasteiger partial charge in [-0.25, -0.2) is 0 Å². The van der Waals surface area contributed by atoms with Gasteiger partial charge in [0.15, 0.2) is 0 Å². The largest absolute Gasteiger partial charge is 0.508 e. The molecule has 2 aromatic carbocycles. The summed E-state index contributed by atoms with van der Waals surface area (Å²) in [5, 5.41) is 9.46. The molecule has 0 atom stereocenters. The van der Waals surface area contributed by atoms with Crippen LogP contribution in [-0.2, 0) is 0 Å². The molecule has 0 aliphatic rings. The van der Waals surface area contributed by atoms with Crippen LogP contribution in [0.2, 0.25) is 0 Å². The predicted octanol–water partition coefficient (Wildman–Crippen LogP) is 5.31. The third-order valence-corrected chi connectivity index (χ3v) is 3.53. The summed E-state index contributed by atoms with van der Waals surface area (Å²) in [7, 11) is 0. The van der Waals surface area contributed by atoms with Crippen LogP contribution in [0.1, 0.15) is 50.7 Å². The van der Waals surface area contributed by atoms with Gasteiger partial charge in [-0.2, -0.15) is 0 Å². The fraction of sp³-hybridized carbons (Fsp3) is 0.333. The summed E-state index contributed by atoms with van der Waals surface area (Å²) in [5.41, 5.74) is 5.26. The molecule has 1 nitrogen and oxygen atoms in total. The van der Waals surface area contributed by atoms with E-state index in [0.717, 1.165) is 0 Å². The fourth-order valence-electron chi connectivity index (χ4n) is 2.51. The maximum Gasteiger partial charge on any atom is 0.115 e. The number of phenolic OH excluding ortho intramolecular Hbond substituents is 1. The lowest BCUT2D eigenvalue weighted by Crippen LogP contribution is -1.99. The quantitative estimate of drug-likeness (QED) is 0.787. The minimum Gasteiger partial charge on any atom is -0.508 e. The second-order valence-electron chi connectivity index (χ2n) is 5.67. The molecule has 0 unspecified atom stereocenters. The van der Waals surface area contributed by atoms with E-state index >= 15 is 0 Å². The van der Waals surface area contributed by atoms with Gasteiger partial charge in [0.05, 0.1) is 0 Å². The van der Waals surface area contributed by atoms with Crippen LogP contribution < -0.4 is 0 Å². The molecule has 19 heavy (non-hydrogen) atoms. The Labute approximate surface area is 115 Å². The lowest BCUT2D eigenvalue weighted by Gasteiger charge is -2.20. The van der Waals surface area contributed by atoms with Crippen molar-refractivity contribution in [1.82, 2.24) is 0 Å². The van der Waals surface area contributed by atoms with Crippen molar-refractivity contribution in [2.45, 2.75) is 39.5 Å². The van der Waals surface area contributed by atoms with Gasteiger partial charge in [0.25, 0.3) is 0 Å². The molecule has 0 amide bonds. The third-order valence-electron chi connectivity index (χ3n) is 3.53. The first-order valence-corrected chi connectivity index (χ1v) is 6.93. The predicted molar refractivity (Wildman–Crippen MR) is 81.7 cm³/mol. The zero-order valence-electron chi connectivity index (χ0n) is 12.1. The van der Waals surface area contributed by atoms with E-state index in [-0.39, 0.29) is 0 Å². The Morgan fingerprint density at radius 2 is 1.21 bits per heavy atom. The van der Waals surface area contributed by atoms with Crippen LogP contribution in [0.4, 0.5) is 0 Å². The summed E-state index contributed by atoms with van der Waals surface area (Å²) in [4.78, 5) is 0. The third kappa shape index (κ3) is 2.81. The number of hydrogen-bond donors (Lipinski definition) is 1. The van der Waals surface area contributed by atoms with Gasteiger partial charge in [-0.05, 0) is 46.2 Å². The highest BCUT2D eigenvalue weighted by Gasteiger charge is 2.14. The highest BCUT2D eigenvalue weighted by molar-refractivity contribution is 5.72. The molecule has 1 heteroatoms. The molecule has 0 bridgehead atoms. The maximum absolute atomic E-state index is 9.46. The second kappa shape index (κ2) is 5.48. The molecule has 0 fully saturated rings. The van der Waals surface area contributed by atoms with Crippen molar-refractivity contribution in [3.05, 3.63) is 53.6 Å². The highest BCUT2D eigenvalue weighted by atomic mass is 16.3. The van der Waals surface area contributed by atoms with Crippen molar-refractivity contribution in [2.24, 2.45) is 0 Å². The molecule has 2 aromatic rings. The SMILES string of the molecule is CC(C)c1cccc(C(C)C)c1-c1ccc(O)cc1. The maximum atomic E-state index is 9.46. The number of aromatic hydroxyl groups is 1. The molecule has 0 spiro atoms. The summed E-state index contributed by atoms with van der Waals surface area (Å²) in [6.45, 7) is 8.90. The van der Waals surface area contributed by atoms with Crippen LogP contribution in [0, 0.1) is 0 Å². The van der Waals surface area contributed by atoms with Crippen LogP contribution in [-0.4, -0.2) is 5.11 Å². The van der Waals surface area contributed by atoms with E-state index in [4.69, 9.17) is 0 Å². The van der Waals surface area contributed by atoms with Crippen molar-refractivity contribution in [3.63, 3.8) is 0 Å². The molecule has 0 aliphatic carbocycles. The van der Waals surface area contributed by atoms with Gasteiger partial charge in [-0.1, -0.05) is 58.0 Å². The summed E-state index contributed by atoms with van der Waals surface area (Å²) in [6, 6.07) is 14.1. The van der Waals surface area contributed by atoms with E-state index in [2.05, 4.69) is 45.9 Å². The second-order valence-corrected chi connectivity index (χ2v) is 5.67. The molecule has 0 aromatic heterocycles. The van der Waals surface area contributed by atoms with Crippen molar-refractivity contribution in [3.8, 4) is 16.9 Å². The van der Waals surface area contributed by atoms with Crippen molar-refractivity contribution >= 4 is 0 Å². The normalized spacial score (nSPS) is 11.3. The first-order chi connectivity index (χ1) is 9.00. The molecule has 0 saturated heterocycles. The van der Waals surface area contributed by atoms with Crippen LogP contribution >= 0.6 is 0 Å². The highest BCUT2D eigenvalue weighted by Crippen LogP contribution is 2.36. The molecule has 1 N–H and O–H groups in total. The summed E-state index contributed by atoms with van der Waals surface area (Å²) in [6.07, 6.45) is 0. The molecule has 0 heterocycles. The standard InChI is InChI=1S/C18H22O/c1-12(2)16-6-5-7-17(13(3)4)18(16)14-8-10-15(19)11-9-14/h5-13,19H,1-4H3. The minimum absolute atomic E-state index is 0.317. The lowest BCUT2D eigenvalue weighted by molar-refractivity contribution is 0.475. The van der Waals surface area contributed by atoms with E-state index in [0.29, 0.717) is 17.6 Å². The topological polar surface area (TPSA) is 20.2 Å². The van der Waals surface area contributed by atoms with Gasteiger partial charge in [-0.15, -0.1) is 0 Å². The van der Waals surface area contributed by atoms with Gasteiger partial charge in [0.2, 0.25) is 0 Å². The summed E-state index contributed by atoms with van der Waals surface area (Å²) in [5.74, 6) is 1.29. The Balaban J connectivity index is 2.67. The molecule has 100 valence electrons. The van der Waals surface area contributed by atoms with Gasteiger partial charge in [0, 0.05) is 0 Å². The van der Waals surface area contributed by atoms with Crippen LogP contribution in [0.25, 0.3) is 11.1 Å². The molecular weight excluding hydrogens is 232 g/mol. The summed E-state index contributed by atoms with van der Waals surface area (Å²) < 4.78 is 0. The smallest absolute Gasteiger partial charge is 0.115 e. The summed E-state index contributed by atoms with van der Waals surface area (Å²) >= 11 is 0. The van der Waals surface area contributed by atoms with Gasteiger partial charge in [-0.3, -0.25) is 0 Å². The zero-order valence-corrected chi connectivity index (χ0v) is 12.1. The molecule has 0 radical (unpaired) electrons. The number of phenols is 1. The van der Waals surface area contributed by atoms with Crippen LogP contribution in [0.15, 0.2) is 42.5 Å². The van der Waals surface area contributed by atoms with E-state index in [1.54, 1.807) is 12.1 Å². The Morgan fingerprint density at radius 1 is 0.737 bits per heavy atom. The number of hydrogen-bond acceptors (Lipinski definition) is 1. The average molecular weight is 254 g/mol. The number of rotatable bonds is 3. The zero-order chi connectivity index (χ0) is 14.0. The monoisotopic (exact) mass is 254 g/mol. The molecule has 2 rings (SSSR count). The average Bonchev–Trinajstić information content (AvgIpc) is 2.38. The molecule has 0 saturated carbocycles. The Morgan fingerprint density at radius 3 is 1.63 bits per heavy atom. The first-order valence-electron chi connectivity index (χ1n) is 6.93. The van der Waals surface area contributed by atoms with Gasteiger partial charge in [0.1, 0.15) is 5.75 Å². The Bertz CT molecular complexity index is 524. The van der Waals surface area contributed by atoms with Crippen LogP contribution in [0.3, 0.4) is 0 Å². The Hall–Kier alpha value is -1.76. The van der Waals surface area contributed by atoms with Crippen LogP contribution in [0.5, 0.6) is 5.75 Å². The first kappa shape index (κ1) is 13.7. The molecular formula is C18H22O. The number of benzene rings is 2. The van der Waals surface area contributed by atoms with Gasteiger partial charge < -0.3 is 5.11 Å². The van der Waals surface area contributed by atoms with E-state index in [9.17, 15) is 5.11 Å². The van der Waals surface area contributed by atoms with Crippen molar-refractivity contribution < 1.29 is 5.11 Å². The lowest BCUT2D eigenvalue weighted by atomic mass is 9.85. The van der Waals surface area contributed by atoms with Gasteiger partial charge >= 0.3 is 0 Å². The van der Waals surface area contributed by atoms with E-state index in [1.807, 2.05) is 12.1 Å². The fourth-order valence-corrected chi connectivity index (χ4v) is 2.51. The van der Waals surface area contributed by atoms with Crippen molar-refractivity contribution in [1.29, 1.82) is 0 Å².